The molecular weight excluding hydrogens is 392 g/mol. The SMILES string of the molecule is CCCCCCCOc1ccc2c(OC)c(OCCCCBr)ccc2c1. The lowest BCUT2D eigenvalue weighted by molar-refractivity contribution is 0.290. The monoisotopic (exact) mass is 422 g/mol. The van der Waals surface area contributed by atoms with Gasteiger partial charge >= 0.3 is 0 Å². The maximum atomic E-state index is 5.91. The maximum absolute atomic E-state index is 5.91. The normalized spacial score (nSPS) is 10.9. The third kappa shape index (κ3) is 6.39. The van der Waals surface area contributed by atoms with Crippen LogP contribution in [0, 0.1) is 0 Å². The Morgan fingerprint density at radius 2 is 1.62 bits per heavy atom. The molecular formula is C22H31BrO3. The van der Waals surface area contributed by atoms with Gasteiger partial charge in [-0.05, 0) is 48.9 Å². The van der Waals surface area contributed by atoms with Crippen molar-refractivity contribution in [3.8, 4) is 17.2 Å². The number of alkyl halides is 1. The van der Waals surface area contributed by atoms with Crippen molar-refractivity contribution < 1.29 is 14.2 Å². The van der Waals surface area contributed by atoms with Gasteiger partial charge in [-0.25, -0.2) is 0 Å². The minimum absolute atomic E-state index is 0.701. The molecule has 0 saturated heterocycles. The third-order valence-electron chi connectivity index (χ3n) is 4.41. The maximum Gasteiger partial charge on any atom is 0.168 e. The molecule has 26 heavy (non-hydrogen) atoms. The number of hydrogen-bond donors (Lipinski definition) is 0. The molecule has 0 fully saturated rings. The van der Waals surface area contributed by atoms with Gasteiger partial charge in [-0.15, -0.1) is 0 Å². The molecule has 0 heterocycles. The lowest BCUT2D eigenvalue weighted by Gasteiger charge is -2.14. The molecule has 0 aliphatic carbocycles. The zero-order valence-corrected chi connectivity index (χ0v) is 17.6. The van der Waals surface area contributed by atoms with Crippen LogP contribution in [0.1, 0.15) is 51.9 Å². The van der Waals surface area contributed by atoms with Crippen LogP contribution in [0.3, 0.4) is 0 Å². The van der Waals surface area contributed by atoms with Gasteiger partial charge in [0.05, 0.1) is 20.3 Å². The Labute approximate surface area is 166 Å². The van der Waals surface area contributed by atoms with Crippen LogP contribution in [0.25, 0.3) is 10.8 Å². The second-order valence-corrected chi connectivity index (χ2v) is 7.28. The topological polar surface area (TPSA) is 27.7 Å². The van der Waals surface area contributed by atoms with Crippen LogP contribution < -0.4 is 14.2 Å². The first kappa shape index (κ1) is 20.9. The van der Waals surface area contributed by atoms with Gasteiger partial charge in [0.2, 0.25) is 0 Å². The van der Waals surface area contributed by atoms with Crippen LogP contribution in [0.2, 0.25) is 0 Å². The van der Waals surface area contributed by atoms with Gasteiger partial charge in [-0.1, -0.05) is 54.6 Å². The van der Waals surface area contributed by atoms with Crippen LogP contribution >= 0.6 is 15.9 Å². The van der Waals surface area contributed by atoms with Crippen LogP contribution in [0.15, 0.2) is 30.3 Å². The predicted molar refractivity (Wildman–Crippen MR) is 113 cm³/mol. The largest absolute Gasteiger partial charge is 0.494 e. The quantitative estimate of drug-likeness (QED) is 0.263. The lowest BCUT2D eigenvalue weighted by atomic mass is 10.1. The van der Waals surface area contributed by atoms with Crippen molar-refractivity contribution in [1.82, 2.24) is 0 Å². The van der Waals surface area contributed by atoms with Gasteiger partial charge < -0.3 is 14.2 Å². The molecule has 0 bridgehead atoms. The summed E-state index contributed by atoms with van der Waals surface area (Å²) in [6.45, 7) is 3.72. The number of halogens is 1. The van der Waals surface area contributed by atoms with E-state index in [4.69, 9.17) is 14.2 Å². The summed E-state index contributed by atoms with van der Waals surface area (Å²) in [6, 6.07) is 10.2. The fourth-order valence-electron chi connectivity index (χ4n) is 2.95. The Bertz CT molecular complexity index is 657. The van der Waals surface area contributed by atoms with E-state index in [0.717, 1.165) is 59.2 Å². The third-order valence-corrected chi connectivity index (χ3v) is 4.97. The number of fused-ring (bicyclic) bond motifs is 1. The minimum atomic E-state index is 0.701. The van der Waals surface area contributed by atoms with E-state index in [-0.39, 0.29) is 0 Å². The Kier molecular flexibility index (Phi) is 9.68. The highest BCUT2D eigenvalue weighted by Gasteiger charge is 2.10. The highest BCUT2D eigenvalue weighted by atomic mass is 79.9. The average molecular weight is 423 g/mol. The standard InChI is InChI=1S/C22H31BrO3/c1-3-4-5-6-8-15-25-19-11-12-20-18(17-19)10-13-21(22(20)24-2)26-16-9-7-14-23/h10-13,17H,3-9,14-16H2,1-2H3. The number of hydrogen-bond acceptors (Lipinski definition) is 3. The molecule has 144 valence electrons. The lowest BCUT2D eigenvalue weighted by Crippen LogP contribution is -2.00. The number of unbranched alkanes of at least 4 members (excludes halogenated alkanes) is 5. The molecule has 0 aliphatic rings. The zero-order valence-electron chi connectivity index (χ0n) is 16.1. The summed E-state index contributed by atoms with van der Waals surface area (Å²) in [5.41, 5.74) is 0. The summed E-state index contributed by atoms with van der Waals surface area (Å²) in [4.78, 5) is 0. The van der Waals surface area contributed by atoms with Crippen molar-refractivity contribution in [3.63, 3.8) is 0 Å². The van der Waals surface area contributed by atoms with Crippen LogP contribution in [-0.4, -0.2) is 25.7 Å². The zero-order chi connectivity index (χ0) is 18.6. The Morgan fingerprint density at radius 3 is 2.38 bits per heavy atom. The van der Waals surface area contributed by atoms with Crippen molar-refractivity contribution in [3.05, 3.63) is 30.3 Å². The fourth-order valence-corrected chi connectivity index (χ4v) is 3.34. The fraction of sp³-hybridized carbons (Fsp3) is 0.545. The summed E-state index contributed by atoms with van der Waals surface area (Å²) in [7, 11) is 1.70. The van der Waals surface area contributed by atoms with E-state index in [1.54, 1.807) is 7.11 Å². The van der Waals surface area contributed by atoms with Crippen LogP contribution in [0.5, 0.6) is 17.2 Å². The summed E-state index contributed by atoms with van der Waals surface area (Å²) in [5.74, 6) is 2.52. The van der Waals surface area contributed by atoms with Crippen molar-refractivity contribution in [1.29, 1.82) is 0 Å². The Hall–Kier alpha value is -1.42. The molecule has 3 nitrogen and oxygen atoms in total. The van der Waals surface area contributed by atoms with Gasteiger partial charge in [-0.2, -0.15) is 0 Å². The summed E-state index contributed by atoms with van der Waals surface area (Å²) in [5, 5.41) is 3.17. The van der Waals surface area contributed by atoms with E-state index in [0.29, 0.717) is 6.61 Å². The molecule has 0 spiro atoms. The first-order chi connectivity index (χ1) is 12.8. The molecule has 0 atom stereocenters. The van der Waals surface area contributed by atoms with E-state index in [1.807, 2.05) is 12.1 Å². The molecule has 2 aromatic rings. The van der Waals surface area contributed by atoms with E-state index in [9.17, 15) is 0 Å². The van der Waals surface area contributed by atoms with Crippen molar-refractivity contribution in [2.24, 2.45) is 0 Å². The highest BCUT2D eigenvalue weighted by Crippen LogP contribution is 2.37. The van der Waals surface area contributed by atoms with Crippen molar-refractivity contribution >= 4 is 26.7 Å². The second kappa shape index (κ2) is 12.1. The number of ether oxygens (including phenoxy) is 3. The molecule has 0 aliphatic heterocycles. The predicted octanol–water partition coefficient (Wildman–Crippen LogP) is 6.75. The van der Waals surface area contributed by atoms with Gasteiger partial charge in [0, 0.05) is 10.7 Å². The van der Waals surface area contributed by atoms with Gasteiger partial charge in [0.1, 0.15) is 5.75 Å². The molecule has 2 aromatic carbocycles. The summed E-state index contributed by atoms with van der Waals surface area (Å²) in [6.07, 6.45) is 8.37. The molecule has 4 heteroatoms. The van der Waals surface area contributed by atoms with Gasteiger partial charge in [-0.3, -0.25) is 0 Å². The van der Waals surface area contributed by atoms with E-state index >= 15 is 0 Å². The van der Waals surface area contributed by atoms with Crippen LogP contribution in [-0.2, 0) is 0 Å². The molecule has 0 unspecified atom stereocenters. The smallest absolute Gasteiger partial charge is 0.168 e. The summed E-state index contributed by atoms with van der Waals surface area (Å²) >= 11 is 3.44. The van der Waals surface area contributed by atoms with Crippen molar-refractivity contribution in [2.45, 2.75) is 51.9 Å². The highest BCUT2D eigenvalue weighted by molar-refractivity contribution is 9.09. The number of methoxy groups -OCH3 is 1. The number of rotatable bonds is 13. The molecule has 0 radical (unpaired) electrons. The van der Waals surface area contributed by atoms with E-state index in [1.165, 1.54) is 25.7 Å². The van der Waals surface area contributed by atoms with Crippen molar-refractivity contribution in [2.75, 3.05) is 25.7 Å². The average Bonchev–Trinajstić information content (AvgIpc) is 2.67. The first-order valence-electron chi connectivity index (χ1n) is 9.72. The van der Waals surface area contributed by atoms with E-state index in [2.05, 4.69) is 41.1 Å². The minimum Gasteiger partial charge on any atom is -0.494 e. The van der Waals surface area contributed by atoms with E-state index < -0.39 is 0 Å². The molecule has 0 saturated carbocycles. The van der Waals surface area contributed by atoms with Gasteiger partial charge in [0.25, 0.3) is 0 Å². The molecule has 0 amide bonds. The molecule has 0 N–H and O–H groups in total. The molecule has 0 aromatic heterocycles. The summed E-state index contributed by atoms with van der Waals surface area (Å²) < 4.78 is 17.4. The van der Waals surface area contributed by atoms with Gasteiger partial charge in [0.15, 0.2) is 11.5 Å². The van der Waals surface area contributed by atoms with Crippen LogP contribution in [0.4, 0.5) is 0 Å². The molecule has 2 rings (SSSR count). The number of benzene rings is 2. The Balaban J connectivity index is 1.98. The first-order valence-corrected chi connectivity index (χ1v) is 10.8. The second-order valence-electron chi connectivity index (χ2n) is 6.49. The Morgan fingerprint density at radius 1 is 0.846 bits per heavy atom.